The van der Waals surface area contributed by atoms with Gasteiger partial charge in [0.15, 0.2) is 0 Å². The zero-order valence-electron chi connectivity index (χ0n) is 13.0. The first-order valence-electron chi connectivity index (χ1n) is 8.13. The van der Waals surface area contributed by atoms with Crippen molar-refractivity contribution in [1.29, 1.82) is 0 Å². The third kappa shape index (κ3) is 2.96. The maximum Gasteiger partial charge on any atom is 0.0951 e. The minimum atomic E-state index is 0.114. The van der Waals surface area contributed by atoms with Crippen molar-refractivity contribution in [3.63, 3.8) is 0 Å². The second-order valence-electron chi connectivity index (χ2n) is 5.87. The summed E-state index contributed by atoms with van der Waals surface area (Å²) < 4.78 is 0. The Morgan fingerprint density at radius 1 is 0.870 bits per heavy atom. The summed E-state index contributed by atoms with van der Waals surface area (Å²) in [5, 5.41) is 4.60. The number of para-hydroxylation sites is 1. The van der Waals surface area contributed by atoms with Crippen LogP contribution >= 0.6 is 0 Å². The lowest BCUT2D eigenvalue weighted by Crippen LogP contribution is -2.45. The van der Waals surface area contributed by atoms with Gasteiger partial charge in [-0.3, -0.25) is 14.9 Å². The van der Waals surface area contributed by atoms with E-state index in [1.165, 1.54) is 5.39 Å². The van der Waals surface area contributed by atoms with Gasteiger partial charge in [0.1, 0.15) is 0 Å². The summed E-state index contributed by atoms with van der Waals surface area (Å²) in [4.78, 5) is 12.0. The Hall–Kier alpha value is -2.30. The topological polar surface area (TPSA) is 41.1 Å². The largest absolute Gasteiger partial charge is 0.314 e. The number of fused-ring (bicyclic) bond motifs is 1. The Bertz CT molecular complexity index is 781. The van der Waals surface area contributed by atoms with Crippen LogP contribution in [0.4, 0.5) is 0 Å². The third-order valence-corrected chi connectivity index (χ3v) is 4.38. The molecule has 4 heteroatoms. The van der Waals surface area contributed by atoms with Crippen LogP contribution in [0.5, 0.6) is 0 Å². The fourth-order valence-corrected chi connectivity index (χ4v) is 3.24. The lowest BCUT2D eigenvalue weighted by molar-refractivity contribution is 0.193. The van der Waals surface area contributed by atoms with Crippen LogP contribution in [0, 0.1) is 0 Å². The van der Waals surface area contributed by atoms with Crippen molar-refractivity contribution in [2.24, 2.45) is 0 Å². The summed E-state index contributed by atoms with van der Waals surface area (Å²) >= 11 is 0. The van der Waals surface area contributed by atoms with Gasteiger partial charge in [-0.25, -0.2) is 0 Å². The highest BCUT2D eigenvalue weighted by Gasteiger charge is 2.26. The molecule has 0 aliphatic carbocycles. The van der Waals surface area contributed by atoms with Crippen LogP contribution in [-0.4, -0.2) is 41.0 Å². The van der Waals surface area contributed by atoms with Crippen LogP contribution in [0.3, 0.4) is 0 Å². The second kappa shape index (κ2) is 6.44. The van der Waals surface area contributed by atoms with E-state index in [4.69, 9.17) is 4.98 Å². The molecule has 3 heterocycles. The van der Waals surface area contributed by atoms with Crippen LogP contribution in [0.15, 0.2) is 60.8 Å². The first-order valence-corrected chi connectivity index (χ1v) is 8.13. The van der Waals surface area contributed by atoms with E-state index in [2.05, 4.69) is 57.7 Å². The van der Waals surface area contributed by atoms with Crippen molar-refractivity contribution in [3.8, 4) is 0 Å². The van der Waals surface area contributed by atoms with E-state index >= 15 is 0 Å². The second-order valence-corrected chi connectivity index (χ2v) is 5.87. The van der Waals surface area contributed by atoms with Gasteiger partial charge in [0.25, 0.3) is 0 Å². The van der Waals surface area contributed by atoms with Crippen molar-refractivity contribution in [1.82, 2.24) is 20.2 Å². The number of rotatable bonds is 3. The summed E-state index contributed by atoms with van der Waals surface area (Å²) in [5.41, 5.74) is 3.18. The van der Waals surface area contributed by atoms with Gasteiger partial charge in [0.2, 0.25) is 0 Å². The zero-order valence-corrected chi connectivity index (χ0v) is 13.0. The van der Waals surface area contributed by atoms with E-state index in [1.54, 1.807) is 0 Å². The van der Waals surface area contributed by atoms with Crippen molar-refractivity contribution in [3.05, 3.63) is 72.2 Å². The van der Waals surface area contributed by atoms with Gasteiger partial charge in [0.05, 0.1) is 22.9 Å². The first-order chi connectivity index (χ1) is 11.4. The molecule has 23 heavy (non-hydrogen) atoms. The predicted molar refractivity (Wildman–Crippen MR) is 92.3 cm³/mol. The third-order valence-electron chi connectivity index (χ3n) is 4.38. The maximum atomic E-state index is 4.93. The maximum absolute atomic E-state index is 4.93. The molecule has 116 valence electrons. The Morgan fingerprint density at radius 3 is 2.52 bits per heavy atom. The van der Waals surface area contributed by atoms with E-state index in [-0.39, 0.29) is 6.04 Å². The molecule has 4 rings (SSSR count). The average molecular weight is 304 g/mol. The molecule has 1 atom stereocenters. The van der Waals surface area contributed by atoms with Gasteiger partial charge in [-0.15, -0.1) is 0 Å². The minimum absolute atomic E-state index is 0.114. The molecule has 4 nitrogen and oxygen atoms in total. The van der Waals surface area contributed by atoms with Gasteiger partial charge >= 0.3 is 0 Å². The Labute approximate surface area is 136 Å². The molecule has 3 aromatic rings. The molecule has 0 amide bonds. The van der Waals surface area contributed by atoms with E-state index in [9.17, 15) is 0 Å². The minimum Gasteiger partial charge on any atom is -0.314 e. The molecule has 1 aliphatic rings. The number of hydrogen-bond acceptors (Lipinski definition) is 4. The highest BCUT2D eigenvalue weighted by molar-refractivity contribution is 5.78. The quantitative estimate of drug-likeness (QED) is 0.807. The molecule has 0 spiro atoms. The van der Waals surface area contributed by atoms with E-state index in [0.717, 1.165) is 43.1 Å². The van der Waals surface area contributed by atoms with Gasteiger partial charge in [-0.1, -0.05) is 30.3 Å². The van der Waals surface area contributed by atoms with Gasteiger partial charge < -0.3 is 5.32 Å². The zero-order chi connectivity index (χ0) is 15.5. The molecule has 2 aromatic heterocycles. The molecule has 0 radical (unpaired) electrons. The molecule has 1 unspecified atom stereocenters. The normalized spacial score (nSPS) is 17.2. The molecule has 1 fully saturated rings. The van der Waals surface area contributed by atoms with Crippen LogP contribution in [0.2, 0.25) is 0 Å². The highest BCUT2D eigenvalue weighted by atomic mass is 15.2. The fraction of sp³-hybridized carbons (Fsp3) is 0.263. The Balaban J connectivity index is 1.79. The molecule has 1 aromatic carbocycles. The highest BCUT2D eigenvalue weighted by Crippen LogP contribution is 2.27. The monoisotopic (exact) mass is 304 g/mol. The van der Waals surface area contributed by atoms with Crippen LogP contribution in [0.25, 0.3) is 10.9 Å². The van der Waals surface area contributed by atoms with Gasteiger partial charge in [-0.2, -0.15) is 0 Å². The summed E-state index contributed by atoms with van der Waals surface area (Å²) in [6.07, 6.45) is 1.87. The number of nitrogens with zero attached hydrogens (tertiary/aromatic N) is 3. The van der Waals surface area contributed by atoms with Crippen molar-refractivity contribution >= 4 is 10.9 Å². The number of nitrogens with one attached hydrogen (secondary N) is 1. The Kier molecular flexibility index (Phi) is 4.01. The van der Waals surface area contributed by atoms with E-state index in [0.29, 0.717) is 0 Å². The van der Waals surface area contributed by atoms with Crippen molar-refractivity contribution in [2.75, 3.05) is 26.2 Å². The SMILES string of the molecule is c1ccc(C(c2ccc3ccccc3n2)N2CCNCC2)nc1. The van der Waals surface area contributed by atoms with Crippen molar-refractivity contribution in [2.45, 2.75) is 6.04 Å². The number of aromatic nitrogens is 2. The number of benzene rings is 1. The molecule has 1 aliphatic heterocycles. The predicted octanol–water partition coefficient (Wildman–Crippen LogP) is 2.62. The number of piperazine rings is 1. The summed E-state index contributed by atoms with van der Waals surface area (Å²) in [7, 11) is 0. The van der Waals surface area contributed by atoms with Gasteiger partial charge in [-0.05, 0) is 24.3 Å². The molecule has 0 saturated carbocycles. The molecule has 1 saturated heterocycles. The molecular weight excluding hydrogens is 284 g/mol. The van der Waals surface area contributed by atoms with E-state index in [1.807, 2.05) is 18.3 Å². The van der Waals surface area contributed by atoms with Crippen LogP contribution in [-0.2, 0) is 0 Å². The summed E-state index contributed by atoms with van der Waals surface area (Å²) in [5.74, 6) is 0. The number of pyridine rings is 2. The van der Waals surface area contributed by atoms with Gasteiger partial charge in [0, 0.05) is 37.8 Å². The van der Waals surface area contributed by atoms with Crippen LogP contribution in [0.1, 0.15) is 17.4 Å². The smallest absolute Gasteiger partial charge is 0.0951 e. The summed E-state index contributed by atoms with van der Waals surface area (Å²) in [6, 6.07) is 18.8. The fourth-order valence-electron chi connectivity index (χ4n) is 3.24. The molecular formula is C19H20N4. The summed E-state index contributed by atoms with van der Waals surface area (Å²) in [6.45, 7) is 4.04. The standard InChI is InChI=1S/C19H20N4/c1-2-6-16-15(5-1)8-9-18(22-16)19(17-7-3-4-10-21-17)23-13-11-20-12-14-23/h1-10,19-20H,11-14H2. The Morgan fingerprint density at radius 2 is 1.70 bits per heavy atom. The average Bonchev–Trinajstić information content (AvgIpc) is 2.64. The molecule has 0 bridgehead atoms. The number of hydrogen-bond donors (Lipinski definition) is 1. The lowest BCUT2D eigenvalue weighted by atomic mass is 10.0. The van der Waals surface area contributed by atoms with Crippen LogP contribution < -0.4 is 5.32 Å². The van der Waals surface area contributed by atoms with E-state index < -0.39 is 0 Å². The molecule has 1 N–H and O–H groups in total. The lowest BCUT2D eigenvalue weighted by Gasteiger charge is -2.34. The van der Waals surface area contributed by atoms with Crippen molar-refractivity contribution < 1.29 is 0 Å². The first kappa shape index (κ1) is 14.3.